The summed E-state index contributed by atoms with van der Waals surface area (Å²) in [6, 6.07) is 9.89. The first-order chi connectivity index (χ1) is 8.93. The van der Waals surface area contributed by atoms with Gasteiger partial charge in [0.1, 0.15) is 5.92 Å². The van der Waals surface area contributed by atoms with E-state index >= 15 is 0 Å². The molecule has 1 heterocycles. The molecule has 0 spiro atoms. The zero-order valence-electron chi connectivity index (χ0n) is 11.2. The van der Waals surface area contributed by atoms with Crippen LogP contribution in [0.4, 0.5) is 0 Å². The molecule has 0 amide bonds. The molecule has 0 bridgehead atoms. The Morgan fingerprint density at radius 2 is 2.00 bits per heavy atom. The lowest BCUT2D eigenvalue weighted by Gasteiger charge is -2.40. The molecule has 4 heteroatoms. The molecule has 2 rings (SSSR count). The summed E-state index contributed by atoms with van der Waals surface area (Å²) >= 11 is 0. The van der Waals surface area contributed by atoms with Crippen molar-refractivity contribution in [3.8, 4) is 0 Å². The molecule has 0 aromatic heterocycles. The number of nitrogens with one attached hydrogen (secondary N) is 1. The molecule has 1 aliphatic heterocycles. The number of carboxylic acid groups (broad SMARTS) is 1. The molecular weight excluding hydrogens is 242 g/mol. The molecule has 102 valence electrons. The molecule has 1 fully saturated rings. The zero-order chi connectivity index (χ0) is 14.0. The third-order valence-electron chi connectivity index (χ3n) is 3.97. The number of carbonyl (C=O) groups excluding carboxylic acids is 1. The van der Waals surface area contributed by atoms with Crippen molar-refractivity contribution in [3.05, 3.63) is 35.9 Å². The molecule has 1 aromatic carbocycles. The zero-order valence-corrected chi connectivity index (χ0v) is 11.2. The summed E-state index contributed by atoms with van der Waals surface area (Å²) in [7, 11) is 0. The van der Waals surface area contributed by atoms with Crippen LogP contribution in [0.15, 0.2) is 30.3 Å². The molecule has 0 radical (unpaired) electrons. The van der Waals surface area contributed by atoms with Crippen LogP contribution in [0.5, 0.6) is 0 Å². The first-order valence-electron chi connectivity index (χ1n) is 6.47. The number of carbonyl (C=O) groups is 2. The Bertz CT molecular complexity index is 481. The van der Waals surface area contributed by atoms with Crippen LogP contribution in [0.3, 0.4) is 0 Å². The number of ketones is 1. The van der Waals surface area contributed by atoms with Crippen LogP contribution in [0, 0.1) is 11.3 Å². The van der Waals surface area contributed by atoms with Crippen molar-refractivity contribution in [2.45, 2.75) is 26.3 Å². The first kappa shape index (κ1) is 13.7. The molecule has 2 atom stereocenters. The van der Waals surface area contributed by atoms with Crippen LogP contribution >= 0.6 is 0 Å². The van der Waals surface area contributed by atoms with E-state index in [2.05, 4.69) is 5.32 Å². The van der Waals surface area contributed by atoms with Crippen molar-refractivity contribution in [3.63, 3.8) is 0 Å². The predicted molar refractivity (Wildman–Crippen MR) is 71.9 cm³/mol. The normalized spacial score (nSPS) is 26.1. The number of rotatable bonds is 3. The summed E-state index contributed by atoms with van der Waals surface area (Å²) in [5, 5.41) is 12.3. The SMILES string of the molecule is CC1(C)C(=O)C(C(=O)O)CNC1Cc1ccccc1. The minimum atomic E-state index is -1.04. The van der Waals surface area contributed by atoms with E-state index in [1.54, 1.807) is 0 Å². The van der Waals surface area contributed by atoms with E-state index in [1.807, 2.05) is 44.2 Å². The number of benzene rings is 1. The highest BCUT2D eigenvalue weighted by Gasteiger charge is 2.46. The quantitative estimate of drug-likeness (QED) is 0.809. The second kappa shape index (κ2) is 5.13. The van der Waals surface area contributed by atoms with Gasteiger partial charge < -0.3 is 10.4 Å². The van der Waals surface area contributed by atoms with Gasteiger partial charge in [0.25, 0.3) is 0 Å². The Hall–Kier alpha value is -1.68. The minimum absolute atomic E-state index is 0.0296. The molecular formula is C15H19NO3. The topological polar surface area (TPSA) is 66.4 Å². The van der Waals surface area contributed by atoms with Crippen LogP contribution in [0.1, 0.15) is 19.4 Å². The van der Waals surface area contributed by atoms with Crippen molar-refractivity contribution in [2.24, 2.45) is 11.3 Å². The number of piperidine rings is 1. The average Bonchev–Trinajstić information content (AvgIpc) is 2.36. The molecule has 1 aromatic rings. The lowest BCUT2D eigenvalue weighted by atomic mass is 9.70. The van der Waals surface area contributed by atoms with E-state index in [9.17, 15) is 9.59 Å². The maximum atomic E-state index is 12.3. The fraction of sp³-hybridized carbons (Fsp3) is 0.467. The molecule has 2 N–H and O–H groups in total. The average molecular weight is 261 g/mol. The van der Waals surface area contributed by atoms with Gasteiger partial charge >= 0.3 is 5.97 Å². The smallest absolute Gasteiger partial charge is 0.315 e. The maximum absolute atomic E-state index is 12.3. The lowest BCUT2D eigenvalue weighted by molar-refractivity contribution is -0.152. The second-order valence-corrected chi connectivity index (χ2v) is 5.63. The Morgan fingerprint density at radius 3 is 2.58 bits per heavy atom. The summed E-state index contributed by atoms with van der Waals surface area (Å²) in [6.45, 7) is 3.87. The van der Waals surface area contributed by atoms with Gasteiger partial charge in [-0.3, -0.25) is 9.59 Å². The Kier molecular flexibility index (Phi) is 3.71. The first-order valence-corrected chi connectivity index (χ1v) is 6.47. The van der Waals surface area contributed by atoms with Crippen LogP contribution in [0.25, 0.3) is 0 Å². The van der Waals surface area contributed by atoms with Crippen LogP contribution < -0.4 is 5.32 Å². The predicted octanol–water partition coefficient (Wildman–Crippen LogP) is 1.50. The van der Waals surface area contributed by atoms with Crippen molar-refractivity contribution >= 4 is 11.8 Å². The molecule has 1 aliphatic rings. The third-order valence-corrected chi connectivity index (χ3v) is 3.97. The van der Waals surface area contributed by atoms with E-state index in [-0.39, 0.29) is 18.4 Å². The molecule has 2 unspecified atom stereocenters. The second-order valence-electron chi connectivity index (χ2n) is 5.63. The number of hydrogen-bond donors (Lipinski definition) is 2. The van der Waals surface area contributed by atoms with Crippen molar-refractivity contribution in [2.75, 3.05) is 6.54 Å². The Balaban J connectivity index is 2.16. The standard InChI is InChI=1S/C15H19NO3/c1-15(2)12(8-10-6-4-3-5-7-10)16-9-11(13(15)17)14(18)19/h3-7,11-12,16H,8-9H2,1-2H3,(H,18,19). The third kappa shape index (κ3) is 2.68. The van der Waals surface area contributed by atoms with E-state index in [0.717, 1.165) is 12.0 Å². The minimum Gasteiger partial charge on any atom is -0.481 e. The van der Waals surface area contributed by atoms with Crippen LogP contribution in [-0.4, -0.2) is 29.4 Å². The number of carboxylic acids is 1. The molecule has 4 nitrogen and oxygen atoms in total. The maximum Gasteiger partial charge on any atom is 0.315 e. The largest absolute Gasteiger partial charge is 0.481 e. The van der Waals surface area contributed by atoms with E-state index in [1.165, 1.54) is 0 Å². The van der Waals surface area contributed by atoms with Crippen molar-refractivity contribution < 1.29 is 14.7 Å². The van der Waals surface area contributed by atoms with E-state index in [4.69, 9.17) is 5.11 Å². The van der Waals surface area contributed by atoms with Crippen molar-refractivity contribution in [1.29, 1.82) is 0 Å². The van der Waals surface area contributed by atoms with Gasteiger partial charge in [0.05, 0.1) is 0 Å². The van der Waals surface area contributed by atoms with Crippen molar-refractivity contribution in [1.82, 2.24) is 5.32 Å². The fourth-order valence-corrected chi connectivity index (χ4v) is 2.61. The molecule has 1 saturated heterocycles. The highest BCUT2D eigenvalue weighted by atomic mass is 16.4. The van der Waals surface area contributed by atoms with E-state index < -0.39 is 17.3 Å². The van der Waals surface area contributed by atoms with Crippen LogP contribution in [0.2, 0.25) is 0 Å². The highest BCUT2D eigenvalue weighted by molar-refractivity contribution is 6.02. The summed E-state index contributed by atoms with van der Waals surface area (Å²) < 4.78 is 0. The molecule has 0 saturated carbocycles. The number of hydrogen-bond acceptors (Lipinski definition) is 3. The van der Waals surface area contributed by atoms with Gasteiger partial charge in [-0.25, -0.2) is 0 Å². The van der Waals surface area contributed by atoms with Gasteiger partial charge in [0, 0.05) is 18.0 Å². The van der Waals surface area contributed by atoms with Gasteiger partial charge in [-0.2, -0.15) is 0 Å². The number of Topliss-reactive ketones (excluding diaryl/α,β-unsaturated/α-hetero) is 1. The number of aliphatic carboxylic acids is 1. The van der Waals surface area contributed by atoms with Gasteiger partial charge in [-0.15, -0.1) is 0 Å². The Labute approximate surface area is 112 Å². The Morgan fingerprint density at radius 1 is 1.37 bits per heavy atom. The van der Waals surface area contributed by atoms with E-state index in [0.29, 0.717) is 0 Å². The monoisotopic (exact) mass is 261 g/mol. The lowest BCUT2D eigenvalue weighted by Crippen LogP contribution is -2.59. The van der Waals surface area contributed by atoms with Gasteiger partial charge in [0.2, 0.25) is 0 Å². The summed E-state index contributed by atoms with van der Waals surface area (Å²) in [5.74, 6) is -2.15. The summed E-state index contributed by atoms with van der Waals surface area (Å²) in [6.07, 6.45) is 0.728. The summed E-state index contributed by atoms with van der Waals surface area (Å²) in [5.41, 5.74) is 0.478. The van der Waals surface area contributed by atoms with Gasteiger partial charge in [0.15, 0.2) is 5.78 Å². The van der Waals surface area contributed by atoms with Crippen LogP contribution in [-0.2, 0) is 16.0 Å². The fourth-order valence-electron chi connectivity index (χ4n) is 2.61. The van der Waals surface area contributed by atoms with Gasteiger partial charge in [-0.05, 0) is 12.0 Å². The van der Waals surface area contributed by atoms with Gasteiger partial charge in [-0.1, -0.05) is 44.2 Å². The molecule has 19 heavy (non-hydrogen) atoms. The summed E-state index contributed by atoms with van der Waals surface area (Å²) in [4.78, 5) is 23.3. The molecule has 0 aliphatic carbocycles. The highest BCUT2D eigenvalue weighted by Crippen LogP contribution is 2.31.